The summed E-state index contributed by atoms with van der Waals surface area (Å²) in [5, 5.41) is 9.89. The van der Waals surface area contributed by atoms with Gasteiger partial charge in [0.1, 0.15) is 0 Å². The van der Waals surface area contributed by atoms with E-state index in [-0.39, 0.29) is 5.91 Å². The van der Waals surface area contributed by atoms with Crippen LogP contribution in [-0.2, 0) is 4.79 Å². The molecule has 0 rings (SSSR count). The van der Waals surface area contributed by atoms with Gasteiger partial charge in [0, 0.05) is 13.0 Å². The van der Waals surface area contributed by atoms with Gasteiger partial charge in [0.2, 0.25) is 5.91 Å². The summed E-state index contributed by atoms with van der Waals surface area (Å²) >= 11 is 0. The largest absolute Gasteiger partial charge is 0.286 e. The van der Waals surface area contributed by atoms with E-state index in [0.717, 1.165) is 24.3 Å². The lowest BCUT2D eigenvalue weighted by atomic mass is 10.3. The van der Waals surface area contributed by atoms with E-state index in [9.17, 15) is 4.79 Å². The molecule has 0 saturated heterocycles. The molecular weight excluding hydrogens is 142 g/mol. The Morgan fingerprint density at radius 2 is 2.00 bits per heavy atom. The minimum Gasteiger partial charge on any atom is -0.286 e. The van der Waals surface area contributed by atoms with Gasteiger partial charge in [-0.15, -0.1) is 0 Å². The molecule has 0 aromatic rings. The monoisotopic (exact) mass is 159 g/mol. The third-order valence-corrected chi connectivity index (χ3v) is 1.48. The standard InChI is InChI=1S/C8H17NO2/c1-3-5-7-9(11)8(10)6-4-2/h11H,3-7H2,1-2H3. The number of hydroxylamine groups is 2. The second-order valence-electron chi connectivity index (χ2n) is 2.62. The minimum absolute atomic E-state index is 0.166. The van der Waals surface area contributed by atoms with Crippen molar-refractivity contribution in [1.82, 2.24) is 5.06 Å². The Bertz CT molecular complexity index is 115. The van der Waals surface area contributed by atoms with Crippen molar-refractivity contribution in [1.29, 1.82) is 0 Å². The molecule has 0 heterocycles. The lowest BCUT2D eigenvalue weighted by Gasteiger charge is -2.13. The normalized spacial score (nSPS) is 9.73. The smallest absolute Gasteiger partial charge is 0.245 e. The second kappa shape index (κ2) is 6.16. The fourth-order valence-corrected chi connectivity index (χ4v) is 0.776. The van der Waals surface area contributed by atoms with Crippen LogP contribution in [0.5, 0.6) is 0 Å². The number of nitrogens with zero attached hydrogens (tertiary/aromatic N) is 1. The quantitative estimate of drug-likeness (QED) is 0.491. The first-order valence-corrected chi connectivity index (χ1v) is 4.21. The highest BCUT2D eigenvalue weighted by Gasteiger charge is 2.07. The zero-order valence-electron chi connectivity index (χ0n) is 7.34. The van der Waals surface area contributed by atoms with Crippen LogP contribution in [0.15, 0.2) is 0 Å². The average molecular weight is 159 g/mol. The summed E-state index contributed by atoms with van der Waals surface area (Å²) in [4.78, 5) is 10.9. The van der Waals surface area contributed by atoms with Crippen LogP contribution in [0, 0.1) is 0 Å². The number of hydrogen-bond donors (Lipinski definition) is 1. The fraction of sp³-hybridized carbons (Fsp3) is 0.875. The number of amides is 1. The van der Waals surface area contributed by atoms with Gasteiger partial charge >= 0.3 is 0 Å². The van der Waals surface area contributed by atoms with Gasteiger partial charge in [0.15, 0.2) is 0 Å². The Kier molecular flexibility index (Phi) is 5.84. The van der Waals surface area contributed by atoms with Gasteiger partial charge < -0.3 is 0 Å². The molecule has 66 valence electrons. The van der Waals surface area contributed by atoms with Crippen molar-refractivity contribution in [3.8, 4) is 0 Å². The van der Waals surface area contributed by atoms with E-state index in [2.05, 4.69) is 0 Å². The van der Waals surface area contributed by atoms with E-state index >= 15 is 0 Å². The molecule has 0 aromatic heterocycles. The molecule has 0 fully saturated rings. The second-order valence-corrected chi connectivity index (χ2v) is 2.62. The highest BCUT2D eigenvalue weighted by molar-refractivity contribution is 5.74. The molecular formula is C8H17NO2. The average Bonchev–Trinajstić information content (AvgIpc) is 2.00. The van der Waals surface area contributed by atoms with Gasteiger partial charge in [0.25, 0.3) is 0 Å². The predicted octanol–water partition coefficient (Wildman–Crippen LogP) is 1.80. The third kappa shape index (κ3) is 4.79. The van der Waals surface area contributed by atoms with Crippen molar-refractivity contribution in [2.24, 2.45) is 0 Å². The Labute approximate surface area is 68.0 Å². The van der Waals surface area contributed by atoms with Gasteiger partial charge in [-0.3, -0.25) is 10.0 Å². The Morgan fingerprint density at radius 1 is 1.36 bits per heavy atom. The van der Waals surface area contributed by atoms with E-state index < -0.39 is 0 Å². The summed E-state index contributed by atoms with van der Waals surface area (Å²) in [5.74, 6) is -0.166. The van der Waals surface area contributed by atoms with Crippen LogP contribution in [0.1, 0.15) is 39.5 Å². The lowest BCUT2D eigenvalue weighted by molar-refractivity contribution is -0.165. The van der Waals surface area contributed by atoms with Crippen LogP contribution in [0.3, 0.4) is 0 Å². The summed E-state index contributed by atoms with van der Waals surface area (Å²) in [6, 6.07) is 0. The maximum atomic E-state index is 10.9. The lowest BCUT2D eigenvalue weighted by Crippen LogP contribution is -2.27. The highest BCUT2D eigenvalue weighted by atomic mass is 16.5. The van der Waals surface area contributed by atoms with Gasteiger partial charge in [0.05, 0.1) is 0 Å². The van der Waals surface area contributed by atoms with Crippen LogP contribution in [0.25, 0.3) is 0 Å². The topological polar surface area (TPSA) is 40.5 Å². The maximum Gasteiger partial charge on any atom is 0.245 e. The predicted molar refractivity (Wildman–Crippen MR) is 43.3 cm³/mol. The molecule has 0 bridgehead atoms. The molecule has 11 heavy (non-hydrogen) atoms. The first kappa shape index (κ1) is 10.4. The number of carbonyl (C=O) groups is 1. The molecule has 0 aliphatic rings. The molecule has 0 saturated carbocycles. The van der Waals surface area contributed by atoms with Gasteiger partial charge in [-0.2, -0.15) is 0 Å². The Hall–Kier alpha value is -0.570. The summed E-state index contributed by atoms with van der Waals surface area (Å²) in [6.07, 6.45) is 3.10. The third-order valence-electron chi connectivity index (χ3n) is 1.48. The molecule has 3 heteroatoms. The zero-order valence-corrected chi connectivity index (χ0v) is 7.34. The summed E-state index contributed by atoms with van der Waals surface area (Å²) < 4.78 is 0. The first-order valence-electron chi connectivity index (χ1n) is 4.21. The van der Waals surface area contributed by atoms with Crippen molar-refractivity contribution < 1.29 is 10.0 Å². The number of hydrogen-bond acceptors (Lipinski definition) is 2. The van der Waals surface area contributed by atoms with Crippen LogP contribution in [0.2, 0.25) is 0 Å². The molecule has 3 nitrogen and oxygen atoms in total. The van der Waals surface area contributed by atoms with Gasteiger partial charge in [-0.05, 0) is 12.8 Å². The molecule has 0 radical (unpaired) electrons. The van der Waals surface area contributed by atoms with Crippen LogP contribution in [0.4, 0.5) is 0 Å². The van der Waals surface area contributed by atoms with Crippen molar-refractivity contribution in [3.63, 3.8) is 0 Å². The summed E-state index contributed by atoms with van der Waals surface area (Å²) in [5.41, 5.74) is 0. The molecule has 1 amide bonds. The number of unbranched alkanes of at least 4 members (excludes halogenated alkanes) is 1. The van der Waals surface area contributed by atoms with E-state index in [1.807, 2.05) is 13.8 Å². The SMILES string of the molecule is CCCCN(O)C(=O)CCC. The maximum absolute atomic E-state index is 10.9. The number of carbonyl (C=O) groups excluding carboxylic acids is 1. The molecule has 0 aliphatic heterocycles. The molecule has 1 N–H and O–H groups in total. The van der Waals surface area contributed by atoms with Gasteiger partial charge in [-0.25, -0.2) is 5.06 Å². The molecule has 0 aliphatic carbocycles. The fourth-order valence-electron chi connectivity index (χ4n) is 0.776. The number of rotatable bonds is 5. The molecule has 0 atom stereocenters. The first-order chi connectivity index (χ1) is 5.22. The van der Waals surface area contributed by atoms with Crippen molar-refractivity contribution >= 4 is 5.91 Å². The summed E-state index contributed by atoms with van der Waals surface area (Å²) in [6.45, 7) is 4.42. The summed E-state index contributed by atoms with van der Waals surface area (Å²) in [7, 11) is 0. The van der Waals surface area contributed by atoms with Crippen LogP contribution < -0.4 is 0 Å². The van der Waals surface area contributed by atoms with E-state index in [4.69, 9.17) is 5.21 Å². The molecule has 0 aromatic carbocycles. The van der Waals surface area contributed by atoms with E-state index in [0.29, 0.717) is 13.0 Å². The Morgan fingerprint density at radius 3 is 2.45 bits per heavy atom. The van der Waals surface area contributed by atoms with E-state index in [1.54, 1.807) is 0 Å². The Balaban J connectivity index is 3.46. The van der Waals surface area contributed by atoms with Crippen LogP contribution >= 0.6 is 0 Å². The van der Waals surface area contributed by atoms with Crippen molar-refractivity contribution in [2.45, 2.75) is 39.5 Å². The minimum atomic E-state index is -0.166. The van der Waals surface area contributed by atoms with Crippen LogP contribution in [-0.4, -0.2) is 22.7 Å². The zero-order chi connectivity index (χ0) is 8.69. The van der Waals surface area contributed by atoms with Crippen molar-refractivity contribution in [2.75, 3.05) is 6.54 Å². The molecule has 0 unspecified atom stereocenters. The van der Waals surface area contributed by atoms with Gasteiger partial charge in [-0.1, -0.05) is 20.3 Å². The van der Waals surface area contributed by atoms with E-state index in [1.165, 1.54) is 0 Å². The molecule has 0 spiro atoms. The van der Waals surface area contributed by atoms with Crippen molar-refractivity contribution in [3.05, 3.63) is 0 Å². The highest BCUT2D eigenvalue weighted by Crippen LogP contribution is 1.96.